The Kier molecular flexibility index (Phi) is 3.34. The lowest BCUT2D eigenvalue weighted by atomic mass is 10.1. The summed E-state index contributed by atoms with van der Waals surface area (Å²) in [4.78, 5) is 11.7. The summed E-state index contributed by atoms with van der Waals surface area (Å²) in [6, 6.07) is 5.15. The summed E-state index contributed by atoms with van der Waals surface area (Å²) in [5, 5.41) is 0.531. The maximum Gasteiger partial charge on any atom is 0.340 e. The van der Waals surface area contributed by atoms with E-state index < -0.39 is 21.9 Å². The van der Waals surface area contributed by atoms with Gasteiger partial charge in [-0.2, -0.15) is 0 Å². The number of nitrogens with zero attached hydrogens (tertiary/aromatic N) is 1. The summed E-state index contributed by atoms with van der Waals surface area (Å²) in [6.07, 6.45) is 1.25. The van der Waals surface area contributed by atoms with Gasteiger partial charge in [0.1, 0.15) is 5.88 Å². The average Bonchev–Trinajstić information content (AvgIpc) is 2.77. The highest BCUT2D eigenvalue weighted by Gasteiger charge is 2.21. The van der Waals surface area contributed by atoms with Crippen LogP contribution < -0.4 is 5.73 Å². The van der Waals surface area contributed by atoms with Gasteiger partial charge < -0.3 is 10.5 Å². The summed E-state index contributed by atoms with van der Waals surface area (Å²) in [5.74, 6) is -1.12. The molecule has 1 aromatic carbocycles. The zero-order valence-electron chi connectivity index (χ0n) is 10.6. The predicted octanol–water partition coefficient (Wildman–Crippen LogP) is 0.830. The number of methoxy groups -OCH3 is 1. The number of hydrogen-bond acceptors (Lipinski definition) is 5. The van der Waals surface area contributed by atoms with E-state index in [2.05, 4.69) is 4.74 Å². The van der Waals surface area contributed by atoms with Crippen LogP contribution in [0, 0.1) is 6.92 Å². The third kappa shape index (κ3) is 2.22. The number of carbonyl (C=O) groups excluding carboxylic acids is 1. The van der Waals surface area contributed by atoms with Gasteiger partial charge in [0.2, 0.25) is 0 Å². The summed E-state index contributed by atoms with van der Waals surface area (Å²) in [5.41, 5.74) is 6.79. The molecule has 0 saturated carbocycles. The highest BCUT2D eigenvalue weighted by Crippen LogP contribution is 2.24. The number of hydrogen-bond donors (Lipinski definition) is 1. The molecule has 1 aromatic heterocycles. The number of nitrogens with two attached hydrogens (primary N) is 1. The Morgan fingerprint density at radius 1 is 1.42 bits per heavy atom. The van der Waals surface area contributed by atoms with E-state index in [-0.39, 0.29) is 5.56 Å². The van der Waals surface area contributed by atoms with Crippen LogP contribution in [-0.4, -0.2) is 31.3 Å². The molecule has 0 amide bonds. The molecule has 0 aliphatic rings. The quantitative estimate of drug-likeness (QED) is 0.842. The van der Waals surface area contributed by atoms with Gasteiger partial charge in [-0.3, -0.25) is 0 Å². The molecule has 0 aliphatic heterocycles. The van der Waals surface area contributed by atoms with E-state index in [9.17, 15) is 13.2 Å². The van der Waals surface area contributed by atoms with Crippen molar-refractivity contribution < 1.29 is 17.9 Å². The van der Waals surface area contributed by atoms with Crippen LogP contribution in [0.2, 0.25) is 0 Å². The molecule has 2 N–H and O–H groups in total. The third-order valence-electron chi connectivity index (χ3n) is 2.84. The van der Waals surface area contributed by atoms with Crippen molar-refractivity contribution in [1.82, 2.24) is 3.97 Å². The molecular formula is C12H14N2O4S. The fourth-order valence-electron chi connectivity index (χ4n) is 1.90. The SMILES string of the molecule is COC(=O)c1cn(S(=O)(=O)CN)c2ccc(C)cc12. The Morgan fingerprint density at radius 3 is 2.68 bits per heavy atom. The van der Waals surface area contributed by atoms with Crippen LogP contribution in [0.25, 0.3) is 10.9 Å². The van der Waals surface area contributed by atoms with E-state index >= 15 is 0 Å². The zero-order chi connectivity index (χ0) is 14.2. The lowest BCUT2D eigenvalue weighted by Crippen LogP contribution is -2.21. The summed E-state index contributed by atoms with van der Waals surface area (Å²) >= 11 is 0. The second-order valence-corrected chi connectivity index (χ2v) is 6.02. The summed E-state index contributed by atoms with van der Waals surface area (Å²) in [6.45, 7) is 1.86. The van der Waals surface area contributed by atoms with Crippen LogP contribution >= 0.6 is 0 Å². The van der Waals surface area contributed by atoms with E-state index in [1.165, 1.54) is 13.3 Å². The van der Waals surface area contributed by atoms with E-state index in [1.807, 2.05) is 6.92 Å². The molecule has 102 valence electrons. The number of carbonyl (C=O) groups is 1. The van der Waals surface area contributed by atoms with Crippen molar-refractivity contribution in [1.29, 1.82) is 0 Å². The number of fused-ring (bicyclic) bond motifs is 1. The van der Waals surface area contributed by atoms with Crippen molar-refractivity contribution in [3.63, 3.8) is 0 Å². The first-order chi connectivity index (χ1) is 8.90. The van der Waals surface area contributed by atoms with Crippen molar-refractivity contribution in [3.05, 3.63) is 35.5 Å². The second-order valence-electron chi connectivity index (χ2n) is 4.13. The van der Waals surface area contributed by atoms with E-state index in [0.717, 1.165) is 9.54 Å². The van der Waals surface area contributed by atoms with Crippen LogP contribution in [-0.2, 0) is 14.8 Å². The van der Waals surface area contributed by atoms with Crippen molar-refractivity contribution in [2.75, 3.05) is 13.0 Å². The van der Waals surface area contributed by atoms with Crippen molar-refractivity contribution in [3.8, 4) is 0 Å². The fraction of sp³-hybridized carbons (Fsp3) is 0.250. The van der Waals surface area contributed by atoms with Crippen LogP contribution in [0.15, 0.2) is 24.4 Å². The van der Waals surface area contributed by atoms with Gasteiger partial charge in [-0.05, 0) is 19.1 Å². The topological polar surface area (TPSA) is 91.4 Å². The highest BCUT2D eigenvalue weighted by atomic mass is 32.2. The molecule has 0 spiro atoms. The largest absolute Gasteiger partial charge is 0.465 e. The number of esters is 1. The first kappa shape index (κ1) is 13.6. The van der Waals surface area contributed by atoms with E-state index in [1.54, 1.807) is 18.2 Å². The minimum absolute atomic E-state index is 0.207. The Labute approximate surface area is 110 Å². The minimum atomic E-state index is -3.67. The van der Waals surface area contributed by atoms with Gasteiger partial charge in [0, 0.05) is 11.6 Å². The number of ether oxygens (including phenoxy) is 1. The fourth-order valence-corrected chi connectivity index (χ4v) is 2.78. The lowest BCUT2D eigenvalue weighted by molar-refractivity contribution is 0.0603. The molecule has 6 nitrogen and oxygen atoms in total. The third-order valence-corrected chi connectivity index (χ3v) is 4.16. The molecule has 0 radical (unpaired) electrons. The monoisotopic (exact) mass is 282 g/mol. The van der Waals surface area contributed by atoms with Crippen LogP contribution in [0.5, 0.6) is 0 Å². The van der Waals surface area contributed by atoms with Crippen molar-refractivity contribution >= 4 is 26.9 Å². The van der Waals surface area contributed by atoms with E-state index in [4.69, 9.17) is 5.73 Å². The van der Waals surface area contributed by atoms with Gasteiger partial charge in [0.25, 0.3) is 10.0 Å². The number of aromatic nitrogens is 1. The molecule has 2 rings (SSSR count). The smallest absolute Gasteiger partial charge is 0.340 e. The molecule has 0 unspecified atom stereocenters. The van der Waals surface area contributed by atoms with Gasteiger partial charge in [0.15, 0.2) is 0 Å². The maximum atomic E-state index is 11.9. The molecular weight excluding hydrogens is 268 g/mol. The minimum Gasteiger partial charge on any atom is -0.465 e. The highest BCUT2D eigenvalue weighted by molar-refractivity contribution is 7.90. The van der Waals surface area contributed by atoms with Gasteiger partial charge in [0.05, 0.1) is 18.2 Å². The van der Waals surface area contributed by atoms with Gasteiger partial charge in [-0.25, -0.2) is 17.2 Å². The Balaban J connectivity index is 2.85. The molecule has 7 heteroatoms. The Hall–Kier alpha value is -1.86. The van der Waals surface area contributed by atoms with Gasteiger partial charge >= 0.3 is 5.97 Å². The number of rotatable bonds is 3. The lowest BCUT2D eigenvalue weighted by Gasteiger charge is -2.04. The van der Waals surface area contributed by atoms with Gasteiger partial charge in [-0.15, -0.1) is 0 Å². The summed E-state index contributed by atoms with van der Waals surface area (Å²) < 4.78 is 29.5. The molecule has 0 bridgehead atoms. The maximum absolute atomic E-state index is 11.9. The normalized spacial score (nSPS) is 11.7. The molecule has 0 aliphatic carbocycles. The first-order valence-electron chi connectivity index (χ1n) is 5.54. The second kappa shape index (κ2) is 4.67. The Morgan fingerprint density at radius 2 is 2.11 bits per heavy atom. The first-order valence-corrected chi connectivity index (χ1v) is 7.15. The molecule has 0 fully saturated rings. The summed E-state index contributed by atoms with van der Waals surface area (Å²) in [7, 11) is -2.42. The standard InChI is InChI=1S/C12H14N2O4S/c1-8-3-4-11-9(5-8)10(12(15)18-2)6-14(11)19(16,17)7-13/h3-6H,7,13H2,1-2H3. The Bertz CT molecular complexity index is 746. The molecule has 19 heavy (non-hydrogen) atoms. The number of benzene rings is 1. The number of aryl methyl sites for hydroxylation is 1. The van der Waals surface area contributed by atoms with Gasteiger partial charge in [-0.1, -0.05) is 11.6 Å². The van der Waals surface area contributed by atoms with Crippen LogP contribution in [0.4, 0.5) is 0 Å². The predicted molar refractivity (Wildman–Crippen MR) is 71.4 cm³/mol. The zero-order valence-corrected chi connectivity index (χ0v) is 11.4. The molecule has 0 atom stereocenters. The van der Waals surface area contributed by atoms with Crippen LogP contribution in [0.3, 0.4) is 0 Å². The average molecular weight is 282 g/mol. The molecule has 0 saturated heterocycles. The van der Waals surface area contributed by atoms with E-state index in [0.29, 0.717) is 10.9 Å². The van der Waals surface area contributed by atoms with Crippen LogP contribution in [0.1, 0.15) is 15.9 Å². The van der Waals surface area contributed by atoms with Crippen molar-refractivity contribution in [2.45, 2.75) is 6.92 Å². The van der Waals surface area contributed by atoms with Crippen molar-refractivity contribution in [2.24, 2.45) is 5.73 Å². The molecule has 1 heterocycles. The molecule has 2 aromatic rings.